The van der Waals surface area contributed by atoms with Gasteiger partial charge in [0.05, 0.1) is 10.7 Å². The zero-order valence-electron chi connectivity index (χ0n) is 14.3. The van der Waals surface area contributed by atoms with Gasteiger partial charge in [0, 0.05) is 18.6 Å². The normalized spacial score (nSPS) is 10.6. The summed E-state index contributed by atoms with van der Waals surface area (Å²) in [4.78, 5) is 28.0. The van der Waals surface area contributed by atoms with Crippen molar-refractivity contribution in [3.63, 3.8) is 0 Å². The van der Waals surface area contributed by atoms with Crippen molar-refractivity contribution in [1.82, 2.24) is 9.55 Å². The molecule has 0 amide bonds. The first-order valence-corrected chi connectivity index (χ1v) is 9.05. The number of thiocarbonyl (C=S) groups is 1. The summed E-state index contributed by atoms with van der Waals surface area (Å²) in [6, 6.07) is 4.89. The number of H-pyrrole nitrogens is 1. The first kappa shape index (κ1) is 20.3. The van der Waals surface area contributed by atoms with Gasteiger partial charge in [-0.25, -0.2) is 4.79 Å². The van der Waals surface area contributed by atoms with Crippen LogP contribution in [0.2, 0.25) is 10.0 Å². The number of anilines is 3. The van der Waals surface area contributed by atoms with Crippen molar-refractivity contribution in [2.45, 2.75) is 26.3 Å². The second-order valence-electron chi connectivity index (χ2n) is 5.61. The predicted molar refractivity (Wildman–Crippen MR) is 112 cm³/mol. The van der Waals surface area contributed by atoms with E-state index >= 15 is 0 Å². The molecule has 0 aliphatic rings. The summed E-state index contributed by atoms with van der Waals surface area (Å²) in [7, 11) is 1.58. The van der Waals surface area contributed by atoms with Crippen LogP contribution < -0.4 is 27.2 Å². The van der Waals surface area contributed by atoms with E-state index in [1.807, 2.05) is 6.92 Å². The number of hydrogen-bond acceptors (Lipinski definition) is 4. The zero-order valence-corrected chi connectivity index (χ0v) is 16.6. The lowest BCUT2D eigenvalue weighted by Gasteiger charge is -2.23. The van der Waals surface area contributed by atoms with Crippen LogP contribution in [-0.2, 0) is 6.54 Å². The fraction of sp³-hybridized carbons (Fsp3) is 0.312. The third-order valence-corrected chi connectivity index (χ3v) is 4.69. The van der Waals surface area contributed by atoms with E-state index in [1.165, 1.54) is 9.47 Å². The maximum absolute atomic E-state index is 12.3. The standard InChI is InChI=1S/C16H19Cl2N5O2S/c1-3-4-7-23-13(19)12(14(24)21-15(23)25)22(2)16(26)20-11-6-5-9(17)8-10(11)18/h5-6,8H,3-4,7,19H2,1-2H3,(H,20,26)(H,21,24,25). The van der Waals surface area contributed by atoms with Gasteiger partial charge in [0.15, 0.2) is 5.11 Å². The van der Waals surface area contributed by atoms with Crippen LogP contribution in [0.5, 0.6) is 0 Å². The SMILES string of the molecule is CCCCn1c(N)c(N(C)C(=S)Nc2ccc(Cl)cc2Cl)c(=O)[nH]c1=O. The minimum Gasteiger partial charge on any atom is -0.383 e. The second kappa shape index (κ2) is 8.57. The lowest BCUT2D eigenvalue weighted by molar-refractivity contribution is 0.605. The van der Waals surface area contributed by atoms with E-state index in [-0.39, 0.29) is 16.6 Å². The van der Waals surface area contributed by atoms with Crippen molar-refractivity contribution < 1.29 is 0 Å². The molecule has 1 aromatic carbocycles. The number of unbranched alkanes of at least 4 members (excludes halogenated alkanes) is 1. The molecule has 0 unspecified atom stereocenters. The molecule has 1 heterocycles. The Morgan fingerprint density at radius 1 is 1.38 bits per heavy atom. The fourth-order valence-corrected chi connectivity index (χ4v) is 2.99. The summed E-state index contributed by atoms with van der Waals surface area (Å²) in [6.07, 6.45) is 1.63. The van der Waals surface area contributed by atoms with Gasteiger partial charge in [-0.05, 0) is 36.8 Å². The van der Waals surface area contributed by atoms with Gasteiger partial charge in [-0.3, -0.25) is 14.3 Å². The van der Waals surface area contributed by atoms with Gasteiger partial charge in [0.2, 0.25) is 0 Å². The summed E-state index contributed by atoms with van der Waals surface area (Å²) in [6.45, 7) is 2.40. The number of rotatable bonds is 5. The lowest BCUT2D eigenvalue weighted by atomic mass is 10.3. The number of halogens is 2. The number of benzene rings is 1. The molecule has 0 fully saturated rings. The molecule has 0 saturated carbocycles. The number of hydrogen-bond donors (Lipinski definition) is 3. The zero-order chi connectivity index (χ0) is 19.4. The highest BCUT2D eigenvalue weighted by atomic mass is 35.5. The second-order valence-corrected chi connectivity index (χ2v) is 6.84. The van der Waals surface area contributed by atoms with Crippen molar-refractivity contribution in [2.75, 3.05) is 23.0 Å². The molecule has 0 aliphatic carbocycles. The molecule has 0 spiro atoms. The Hall–Kier alpha value is -2.03. The Labute approximate surface area is 165 Å². The van der Waals surface area contributed by atoms with Crippen molar-refractivity contribution in [3.8, 4) is 0 Å². The van der Waals surface area contributed by atoms with Gasteiger partial charge >= 0.3 is 5.69 Å². The van der Waals surface area contributed by atoms with Crippen molar-refractivity contribution in [2.24, 2.45) is 0 Å². The van der Waals surface area contributed by atoms with E-state index in [0.29, 0.717) is 22.3 Å². The van der Waals surface area contributed by atoms with Gasteiger partial charge in [0.25, 0.3) is 5.56 Å². The Balaban J connectivity index is 2.36. The minimum atomic E-state index is -0.617. The smallest absolute Gasteiger partial charge is 0.330 e. The molecule has 0 atom stereocenters. The average Bonchev–Trinajstić information content (AvgIpc) is 2.56. The van der Waals surface area contributed by atoms with Crippen molar-refractivity contribution in [1.29, 1.82) is 0 Å². The molecule has 1 aromatic heterocycles. The van der Waals surface area contributed by atoms with Crippen molar-refractivity contribution >= 4 is 57.7 Å². The van der Waals surface area contributed by atoms with E-state index in [2.05, 4.69) is 10.3 Å². The van der Waals surface area contributed by atoms with E-state index < -0.39 is 11.2 Å². The maximum atomic E-state index is 12.3. The third kappa shape index (κ3) is 4.38. The first-order chi connectivity index (χ1) is 12.3. The van der Waals surface area contributed by atoms with E-state index in [0.717, 1.165) is 12.8 Å². The van der Waals surface area contributed by atoms with Gasteiger partial charge in [-0.2, -0.15) is 0 Å². The maximum Gasteiger partial charge on any atom is 0.330 e. The Bertz CT molecular complexity index is 941. The van der Waals surface area contributed by atoms with Crippen LogP contribution >= 0.6 is 35.4 Å². The number of aromatic nitrogens is 2. The Morgan fingerprint density at radius 3 is 2.69 bits per heavy atom. The molecular formula is C16H19Cl2N5O2S. The first-order valence-electron chi connectivity index (χ1n) is 7.88. The lowest BCUT2D eigenvalue weighted by Crippen LogP contribution is -2.40. The van der Waals surface area contributed by atoms with Crippen LogP contribution in [-0.4, -0.2) is 21.7 Å². The summed E-state index contributed by atoms with van der Waals surface area (Å²) in [5, 5.41) is 3.99. The summed E-state index contributed by atoms with van der Waals surface area (Å²) in [5.41, 5.74) is 5.53. The highest BCUT2D eigenvalue weighted by molar-refractivity contribution is 7.80. The average molecular weight is 416 g/mol. The van der Waals surface area contributed by atoms with E-state index in [9.17, 15) is 9.59 Å². The Morgan fingerprint density at radius 2 is 2.08 bits per heavy atom. The number of aromatic amines is 1. The summed E-state index contributed by atoms with van der Waals surface area (Å²) in [5.74, 6) is 0.0565. The van der Waals surface area contributed by atoms with Crippen LogP contribution in [0.25, 0.3) is 0 Å². The predicted octanol–water partition coefficient (Wildman–Crippen LogP) is 3.06. The van der Waals surface area contributed by atoms with Gasteiger partial charge in [-0.15, -0.1) is 0 Å². The number of nitrogen functional groups attached to an aromatic ring is 1. The summed E-state index contributed by atoms with van der Waals surface area (Å²) < 4.78 is 1.33. The molecule has 0 aliphatic heterocycles. The summed E-state index contributed by atoms with van der Waals surface area (Å²) >= 11 is 17.3. The molecule has 0 radical (unpaired) electrons. The Kier molecular flexibility index (Phi) is 6.69. The largest absolute Gasteiger partial charge is 0.383 e. The number of nitrogens with one attached hydrogen (secondary N) is 2. The van der Waals surface area contributed by atoms with Crippen LogP contribution in [0, 0.1) is 0 Å². The molecule has 0 bridgehead atoms. The molecule has 4 N–H and O–H groups in total. The minimum absolute atomic E-state index is 0.0565. The fourth-order valence-electron chi connectivity index (χ4n) is 2.33. The third-order valence-electron chi connectivity index (χ3n) is 3.76. The molecular weight excluding hydrogens is 397 g/mol. The van der Waals surface area contributed by atoms with Gasteiger partial charge in [0.1, 0.15) is 11.5 Å². The highest BCUT2D eigenvalue weighted by Gasteiger charge is 2.19. The monoisotopic (exact) mass is 415 g/mol. The number of nitrogens with zero attached hydrogens (tertiary/aromatic N) is 2. The molecule has 140 valence electrons. The van der Waals surface area contributed by atoms with Crippen LogP contribution in [0.1, 0.15) is 19.8 Å². The molecule has 0 saturated heterocycles. The molecule has 10 heteroatoms. The highest BCUT2D eigenvalue weighted by Crippen LogP contribution is 2.26. The van der Waals surface area contributed by atoms with E-state index in [1.54, 1.807) is 25.2 Å². The van der Waals surface area contributed by atoms with Crippen LogP contribution in [0.4, 0.5) is 17.2 Å². The topological polar surface area (TPSA) is 96.2 Å². The molecule has 7 nitrogen and oxygen atoms in total. The van der Waals surface area contributed by atoms with Gasteiger partial charge < -0.3 is 16.0 Å². The van der Waals surface area contributed by atoms with Crippen molar-refractivity contribution in [3.05, 3.63) is 49.1 Å². The molecule has 2 aromatic rings. The van der Waals surface area contributed by atoms with E-state index in [4.69, 9.17) is 41.2 Å². The van der Waals surface area contributed by atoms with Crippen LogP contribution in [0.3, 0.4) is 0 Å². The quantitative estimate of drug-likeness (QED) is 0.649. The molecule has 26 heavy (non-hydrogen) atoms. The van der Waals surface area contributed by atoms with Gasteiger partial charge in [-0.1, -0.05) is 36.5 Å². The van der Waals surface area contributed by atoms with Crippen LogP contribution in [0.15, 0.2) is 27.8 Å². The molecule has 2 rings (SSSR count). The number of nitrogens with two attached hydrogens (primary N) is 1.